The fourth-order valence-corrected chi connectivity index (χ4v) is 2.20. The Morgan fingerprint density at radius 2 is 1.80 bits per heavy atom. The van der Waals surface area contributed by atoms with E-state index in [1.54, 1.807) is 14.0 Å². The van der Waals surface area contributed by atoms with E-state index in [1.807, 2.05) is 0 Å². The molecule has 7 heteroatoms. The van der Waals surface area contributed by atoms with Gasteiger partial charge in [-0.3, -0.25) is 0 Å². The molecular formula is C13H15F4NO2. The molecule has 0 saturated heterocycles. The highest BCUT2D eigenvalue weighted by molar-refractivity contribution is 5.29. The predicted octanol–water partition coefficient (Wildman–Crippen LogP) is 2.39. The fraction of sp³-hybridized carbons (Fsp3) is 0.538. The monoisotopic (exact) mass is 293 g/mol. The van der Waals surface area contributed by atoms with Gasteiger partial charge in [-0.25, -0.2) is 8.78 Å². The first kappa shape index (κ1) is 15.1. The molecule has 112 valence electrons. The summed E-state index contributed by atoms with van der Waals surface area (Å²) in [5, 5.41) is 2.96. The molecule has 1 aliphatic carbocycles. The van der Waals surface area contributed by atoms with Crippen molar-refractivity contribution in [2.45, 2.75) is 31.6 Å². The van der Waals surface area contributed by atoms with Gasteiger partial charge in [-0.05, 0) is 14.0 Å². The van der Waals surface area contributed by atoms with Crippen LogP contribution in [0, 0.1) is 23.3 Å². The summed E-state index contributed by atoms with van der Waals surface area (Å²) in [6.45, 7) is 2.16. The van der Waals surface area contributed by atoms with E-state index in [0.29, 0.717) is 13.0 Å². The summed E-state index contributed by atoms with van der Waals surface area (Å²) in [4.78, 5) is 0. The maximum absolute atomic E-state index is 13.5. The van der Waals surface area contributed by atoms with Crippen LogP contribution in [0.25, 0.3) is 0 Å². The van der Waals surface area contributed by atoms with Crippen molar-refractivity contribution >= 4 is 0 Å². The van der Waals surface area contributed by atoms with Crippen LogP contribution in [0.1, 0.15) is 13.3 Å². The third-order valence-electron chi connectivity index (χ3n) is 3.32. The predicted molar refractivity (Wildman–Crippen MR) is 63.6 cm³/mol. The third kappa shape index (κ3) is 2.60. The SMILES string of the molecule is CCOC1C(NC)CC1Oc1c(F)c(F)cc(F)c1F. The molecule has 0 amide bonds. The summed E-state index contributed by atoms with van der Waals surface area (Å²) in [7, 11) is 1.72. The van der Waals surface area contributed by atoms with Crippen molar-refractivity contribution in [3.63, 3.8) is 0 Å². The van der Waals surface area contributed by atoms with Crippen LogP contribution in [-0.2, 0) is 4.74 Å². The van der Waals surface area contributed by atoms with Crippen LogP contribution in [0.4, 0.5) is 17.6 Å². The number of rotatable bonds is 5. The van der Waals surface area contributed by atoms with Gasteiger partial charge in [0.05, 0.1) is 0 Å². The highest BCUT2D eigenvalue weighted by Gasteiger charge is 2.44. The van der Waals surface area contributed by atoms with Gasteiger partial charge < -0.3 is 14.8 Å². The summed E-state index contributed by atoms with van der Waals surface area (Å²) >= 11 is 0. The Hall–Kier alpha value is -1.34. The molecule has 0 heterocycles. The number of hydrogen-bond donors (Lipinski definition) is 1. The van der Waals surface area contributed by atoms with Gasteiger partial charge in [0.15, 0.2) is 17.4 Å². The molecule has 1 aromatic carbocycles. The second-order valence-corrected chi connectivity index (χ2v) is 4.50. The number of benzene rings is 1. The van der Waals surface area contributed by atoms with Gasteiger partial charge in [0, 0.05) is 25.1 Å². The molecule has 3 atom stereocenters. The summed E-state index contributed by atoms with van der Waals surface area (Å²) in [6, 6.07) is 0.124. The largest absolute Gasteiger partial charge is 0.481 e. The number of likely N-dealkylation sites (N-methyl/N-ethyl adjacent to an activating group) is 1. The normalized spacial score (nSPS) is 25.4. The summed E-state index contributed by atoms with van der Waals surface area (Å²) in [5.74, 6) is -7.08. The van der Waals surface area contributed by atoms with E-state index in [-0.39, 0.29) is 12.1 Å². The second-order valence-electron chi connectivity index (χ2n) is 4.50. The van der Waals surface area contributed by atoms with E-state index in [9.17, 15) is 17.6 Å². The average Bonchev–Trinajstić information content (AvgIpc) is 2.41. The molecule has 1 aliphatic rings. The van der Waals surface area contributed by atoms with E-state index in [1.165, 1.54) is 0 Å². The summed E-state index contributed by atoms with van der Waals surface area (Å²) in [6.07, 6.45) is -0.647. The molecule has 0 radical (unpaired) electrons. The first-order valence-electron chi connectivity index (χ1n) is 6.28. The van der Waals surface area contributed by atoms with Crippen molar-refractivity contribution in [1.29, 1.82) is 0 Å². The Kier molecular flexibility index (Phi) is 4.49. The molecule has 1 aromatic rings. The first-order chi connectivity index (χ1) is 9.49. The van der Waals surface area contributed by atoms with Crippen LogP contribution < -0.4 is 10.1 Å². The molecule has 0 aliphatic heterocycles. The van der Waals surface area contributed by atoms with Gasteiger partial charge in [-0.1, -0.05) is 0 Å². The Labute approximate surface area is 113 Å². The summed E-state index contributed by atoms with van der Waals surface area (Å²) in [5.41, 5.74) is 0. The first-order valence-corrected chi connectivity index (χ1v) is 6.28. The average molecular weight is 293 g/mol. The summed E-state index contributed by atoms with van der Waals surface area (Å²) < 4.78 is 63.6. The van der Waals surface area contributed by atoms with Gasteiger partial charge in [-0.15, -0.1) is 0 Å². The van der Waals surface area contributed by atoms with Crippen molar-refractivity contribution in [1.82, 2.24) is 5.32 Å². The molecular weight excluding hydrogens is 278 g/mol. The van der Waals surface area contributed by atoms with E-state index in [0.717, 1.165) is 0 Å². The molecule has 2 rings (SSSR count). The Morgan fingerprint density at radius 1 is 1.20 bits per heavy atom. The van der Waals surface area contributed by atoms with Crippen LogP contribution in [-0.4, -0.2) is 31.9 Å². The Morgan fingerprint density at radius 3 is 2.30 bits per heavy atom. The van der Waals surface area contributed by atoms with Crippen molar-refractivity contribution in [3.05, 3.63) is 29.3 Å². The molecule has 0 spiro atoms. The Bertz CT molecular complexity index is 471. The molecule has 3 unspecified atom stereocenters. The van der Waals surface area contributed by atoms with Crippen LogP contribution in [0.3, 0.4) is 0 Å². The second kappa shape index (κ2) is 5.97. The molecule has 3 nitrogen and oxygen atoms in total. The molecule has 20 heavy (non-hydrogen) atoms. The molecule has 0 aromatic heterocycles. The smallest absolute Gasteiger partial charge is 0.203 e. The topological polar surface area (TPSA) is 30.5 Å². The van der Waals surface area contributed by atoms with E-state index in [4.69, 9.17) is 9.47 Å². The molecule has 1 saturated carbocycles. The van der Waals surface area contributed by atoms with Crippen LogP contribution in [0.2, 0.25) is 0 Å². The highest BCUT2D eigenvalue weighted by Crippen LogP contribution is 2.33. The lowest BCUT2D eigenvalue weighted by Gasteiger charge is -2.43. The fourth-order valence-electron chi connectivity index (χ4n) is 2.20. The van der Waals surface area contributed by atoms with Gasteiger partial charge in [0.2, 0.25) is 11.6 Å². The van der Waals surface area contributed by atoms with Gasteiger partial charge in [0.1, 0.15) is 12.2 Å². The van der Waals surface area contributed by atoms with Crippen LogP contribution >= 0.6 is 0 Å². The van der Waals surface area contributed by atoms with Crippen molar-refractivity contribution in [2.24, 2.45) is 0 Å². The number of halogens is 4. The Balaban J connectivity index is 2.19. The number of ether oxygens (including phenoxy) is 2. The minimum absolute atomic E-state index is 0.0236. The van der Waals surface area contributed by atoms with E-state index in [2.05, 4.69) is 5.32 Å². The highest BCUT2D eigenvalue weighted by atomic mass is 19.2. The molecule has 1 fully saturated rings. The maximum atomic E-state index is 13.5. The lowest BCUT2D eigenvalue weighted by atomic mass is 9.85. The zero-order valence-corrected chi connectivity index (χ0v) is 11.1. The quantitative estimate of drug-likeness (QED) is 0.668. The van der Waals surface area contributed by atoms with Crippen LogP contribution in [0.15, 0.2) is 6.07 Å². The minimum Gasteiger partial charge on any atom is -0.481 e. The molecule has 1 N–H and O–H groups in total. The molecule has 0 bridgehead atoms. The van der Waals surface area contributed by atoms with Gasteiger partial charge >= 0.3 is 0 Å². The van der Waals surface area contributed by atoms with E-state index < -0.39 is 41.2 Å². The standard InChI is InChI=1S/C13H15F4NO2/c1-3-19-12-8(18-2)5-9(12)20-13-10(16)6(14)4-7(15)11(13)17/h4,8-9,12,18H,3,5H2,1-2H3. The van der Waals surface area contributed by atoms with Crippen molar-refractivity contribution < 1.29 is 27.0 Å². The van der Waals surface area contributed by atoms with Crippen molar-refractivity contribution in [2.75, 3.05) is 13.7 Å². The zero-order valence-electron chi connectivity index (χ0n) is 11.1. The number of nitrogens with one attached hydrogen (secondary N) is 1. The van der Waals surface area contributed by atoms with Crippen LogP contribution in [0.5, 0.6) is 5.75 Å². The number of hydrogen-bond acceptors (Lipinski definition) is 3. The van der Waals surface area contributed by atoms with E-state index >= 15 is 0 Å². The van der Waals surface area contributed by atoms with Gasteiger partial charge in [0.25, 0.3) is 0 Å². The zero-order chi connectivity index (χ0) is 14.9. The lowest BCUT2D eigenvalue weighted by Crippen LogP contribution is -2.60. The van der Waals surface area contributed by atoms with Crippen molar-refractivity contribution in [3.8, 4) is 5.75 Å². The third-order valence-corrected chi connectivity index (χ3v) is 3.32. The maximum Gasteiger partial charge on any atom is 0.203 e. The van der Waals surface area contributed by atoms with Gasteiger partial charge in [-0.2, -0.15) is 8.78 Å². The minimum atomic E-state index is -1.54. The lowest BCUT2D eigenvalue weighted by molar-refractivity contribution is -0.105.